The minimum atomic E-state index is -3.88. The Kier molecular flexibility index (Phi) is 6.16. The second-order valence-electron chi connectivity index (χ2n) is 8.54. The van der Waals surface area contributed by atoms with Crippen molar-refractivity contribution in [3.05, 3.63) is 39.4 Å². The zero-order chi connectivity index (χ0) is 22.3. The third-order valence-electron chi connectivity index (χ3n) is 6.01. The molecule has 0 saturated heterocycles. The maximum Gasteiger partial charge on any atom is 0.213 e. The first-order valence-corrected chi connectivity index (χ1v) is 12.5. The Labute approximate surface area is 187 Å². The SMILES string of the molecule is COC1COc2cc(S(=O)(=O)CC(=O)Cc3c(C(C)C)cc(Cl)c4c3CCC4)nn2C1. The second-order valence-corrected chi connectivity index (χ2v) is 10.9. The summed E-state index contributed by atoms with van der Waals surface area (Å²) in [5, 5.41) is 4.76. The van der Waals surface area contributed by atoms with Crippen LogP contribution in [0.1, 0.15) is 48.4 Å². The number of hydrogen-bond donors (Lipinski definition) is 0. The van der Waals surface area contributed by atoms with Gasteiger partial charge in [-0.15, -0.1) is 0 Å². The van der Waals surface area contributed by atoms with Crippen molar-refractivity contribution in [2.45, 2.75) is 63.1 Å². The maximum absolute atomic E-state index is 12.9. The van der Waals surface area contributed by atoms with E-state index >= 15 is 0 Å². The van der Waals surface area contributed by atoms with Gasteiger partial charge in [-0.05, 0) is 53.5 Å². The topological polar surface area (TPSA) is 87.5 Å². The van der Waals surface area contributed by atoms with E-state index < -0.39 is 15.6 Å². The summed E-state index contributed by atoms with van der Waals surface area (Å²) in [6, 6.07) is 3.33. The average Bonchev–Trinajstić information content (AvgIpc) is 3.36. The Morgan fingerprint density at radius 1 is 1.32 bits per heavy atom. The summed E-state index contributed by atoms with van der Waals surface area (Å²) in [7, 11) is -2.31. The molecule has 1 aliphatic heterocycles. The van der Waals surface area contributed by atoms with Crippen LogP contribution in [0.3, 0.4) is 0 Å². The first kappa shape index (κ1) is 22.3. The molecule has 168 valence electrons. The Morgan fingerprint density at radius 3 is 2.77 bits per heavy atom. The summed E-state index contributed by atoms with van der Waals surface area (Å²) in [6.45, 7) is 4.85. The highest BCUT2D eigenvalue weighted by Crippen LogP contribution is 2.37. The van der Waals surface area contributed by atoms with Gasteiger partial charge in [-0.2, -0.15) is 5.10 Å². The third-order valence-corrected chi connectivity index (χ3v) is 7.89. The van der Waals surface area contributed by atoms with E-state index in [9.17, 15) is 13.2 Å². The van der Waals surface area contributed by atoms with E-state index in [4.69, 9.17) is 21.1 Å². The molecule has 0 N–H and O–H groups in total. The van der Waals surface area contributed by atoms with Crippen molar-refractivity contribution in [2.24, 2.45) is 0 Å². The van der Waals surface area contributed by atoms with Gasteiger partial charge in [0.15, 0.2) is 10.8 Å². The number of nitrogens with zero attached hydrogens (tertiary/aromatic N) is 2. The molecule has 1 aromatic carbocycles. The number of rotatable bonds is 7. The first-order valence-electron chi connectivity index (χ1n) is 10.5. The quantitative estimate of drug-likeness (QED) is 0.623. The van der Waals surface area contributed by atoms with Gasteiger partial charge in [-0.25, -0.2) is 13.1 Å². The summed E-state index contributed by atoms with van der Waals surface area (Å²) in [5.74, 6) is -0.378. The van der Waals surface area contributed by atoms with Crippen LogP contribution in [0, 0.1) is 0 Å². The third kappa shape index (κ3) is 4.38. The van der Waals surface area contributed by atoms with Gasteiger partial charge in [0.2, 0.25) is 15.7 Å². The Bertz CT molecular complexity index is 1120. The predicted molar refractivity (Wildman–Crippen MR) is 117 cm³/mol. The van der Waals surface area contributed by atoms with Crippen molar-refractivity contribution < 1.29 is 22.7 Å². The van der Waals surface area contributed by atoms with E-state index in [2.05, 4.69) is 18.9 Å². The van der Waals surface area contributed by atoms with Gasteiger partial charge in [0.1, 0.15) is 18.5 Å². The molecule has 0 bridgehead atoms. The zero-order valence-electron chi connectivity index (χ0n) is 18.0. The van der Waals surface area contributed by atoms with Crippen molar-refractivity contribution in [1.82, 2.24) is 9.78 Å². The van der Waals surface area contributed by atoms with Crippen LogP contribution >= 0.6 is 11.6 Å². The summed E-state index contributed by atoms with van der Waals surface area (Å²) in [6.07, 6.45) is 2.66. The average molecular weight is 467 g/mol. The molecule has 1 aliphatic carbocycles. The van der Waals surface area contributed by atoms with Crippen LogP contribution in [0.25, 0.3) is 0 Å². The molecule has 1 aromatic heterocycles. The standard InChI is InChI=1S/C22H27ClN2O5S/c1-13(2)18-8-20(23)17-6-4-5-16(17)19(18)7-14(26)12-31(27,28)21-9-22-25(24-21)10-15(29-3)11-30-22/h8-9,13,15H,4-7,10-12H2,1-3H3. The lowest BCUT2D eigenvalue weighted by Gasteiger charge is -2.22. The van der Waals surface area contributed by atoms with E-state index in [1.807, 2.05) is 6.07 Å². The number of ether oxygens (including phenoxy) is 2. The largest absolute Gasteiger partial charge is 0.475 e. The van der Waals surface area contributed by atoms with Gasteiger partial charge in [-0.1, -0.05) is 25.4 Å². The predicted octanol–water partition coefficient (Wildman–Crippen LogP) is 3.14. The number of halogens is 1. The fourth-order valence-corrected chi connectivity index (χ4v) is 5.93. The smallest absolute Gasteiger partial charge is 0.213 e. The number of carbonyl (C=O) groups excluding carboxylic acids is 1. The molecule has 1 unspecified atom stereocenters. The van der Waals surface area contributed by atoms with Crippen molar-refractivity contribution in [3.63, 3.8) is 0 Å². The van der Waals surface area contributed by atoms with Crippen LogP contribution in [0.5, 0.6) is 5.88 Å². The highest BCUT2D eigenvalue weighted by atomic mass is 35.5. The van der Waals surface area contributed by atoms with Crippen molar-refractivity contribution >= 4 is 27.2 Å². The monoisotopic (exact) mass is 466 g/mol. The minimum Gasteiger partial charge on any atom is -0.475 e. The van der Waals surface area contributed by atoms with Crippen molar-refractivity contribution in [1.29, 1.82) is 0 Å². The van der Waals surface area contributed by atoms with Crippen molar-refractivity contribution in [3.8, 4) is 5.88 Å². The number of benzene rings is 1. The molecule has 31 heavy (non-hydrogen) atoms. The normalized spacial score (nSPS) is 18.0. The lowest BCUT2D eigenvalue weighted by molar-refractivity contribution is -0.116. The van der Waals surface area contributed by atoms with Gasteiger partial charge in [0.25, 0.3) is 0 Å². The van der Waals surface area contributed by atoms with Crippen LogP contribution in [-0.4, -0.2) is 49.6 Å². The summed E-state index contributed by atoms with van der Waals surface area (Å²) in [5.41, 5.74) is 4.19. The zero-order valence-corrected chi connectivity index (χ0v) is 19.6. The van der Waals surface area contributed by atoms with Gasteiger partial charge in [0.05, 0.1) is 6.54 Å². The number of fused-ring (bicyclic) bond motifs is 2. The van der Waals surface area contributed by atoms with E-state index in [-0.39, 0.29) is 29.3 Å². The lowest BCUT2D eigenvalue weighted by Crippen LogP contribution is -2.31. The fraction of sp³-hybridized carbons (Fsp3) is 0.545. The van der Waals surface area contributed by atoms with Gasteiger partial charge >= 0.3 is 0 Å². The van der Waals surface area contributed by atoms with Gasteiger partial charge in [-0.3, -0.25) is 4.79 Å². The van der Waals surface area contributed by atoms with Crippen LogP contribution < -0.4 is 4.74 Å². The number of carbonyl (C=O) groups is 1. The molecule has 0 saturated carbocycles. The van der Waals surface area contributed by atoms with E-state index in [1.54, 1.807) is 7.11 Å². The Balaban J connectivity index is 1.56. The molecule has 0 amide bonds. The number of methoxy groups -OCH3 is 1. The molecule has 7 nitrogen and oxygen atoms in total. The number of ketones is 1. The molecule has 1 atom stereocenters. The number of Topliss-reactive ketones (excluding diaryl/α,β-unsaturated/α-hetero) is 1. The Hall–Kier alpha value is -1.90. The molecule has 0 radical (unpaired) electrons. The number of hydrogen-bond acceptors (Lipinski definition) is 6. The minimum absolute atomic E-state index is 0.0854. The highest BCUT2D eigenvalue weighted by molar-refractivity contribution is 7.92. The first-order chi connectivity index (χ1) is 14.7. The molecule has 2 aliphatic rings. The molecule has 4 rings (SSSR count). The van der Waals surface area contributed by atoms with Crippen LogP contribution in [0.2, 0.25) is 5.02 Å². The molecule has 9 heteroatoms. The van der Waals surface area contributed by atoms with Crippen molar-refractivity contribution in [2.75, 3.05) is 19.5 Å². The van der Waals surface area contributed by atoms with Crippen LogP contribution in [0.15, 0.2) is 17.2 Å². The van der Waals surface area contributed by atoms with Gasteiger partial charge in [0, 0.05) is 24.6 Å². The summed E-state index contributed by atoms with van der Waals surface area (Å²) < 4.78 is 38.0. The molecule has 0 fully saturated rings. The fourth-order valence-electron chi connectivity index (χ4n) is 4.43. The van der Waals surface area contributed by atoms with Crippen LogP contribution in [-0.2, 0) is 45.2 Å². The molecule has 2 aromatic rings. The lowest BCUT2D eigenvalue weighted by atomic mass is 9.88. The molecule has 2 heterocycles. The summed E-state index contributed by atoms with van der Waals surface area (Å²) >= 11 is 6.47. The maximum atomic E-state index is 12.9. The molecular formula is C22H27ClN2O5S. The van der Waals surface area contributed by atoms with E-state index in [1.165, 1.54) is 10.7 Å². The van der Waals surface area contributed by atoms with Gasteiger partial charge < -0.3 is 9.47 Å². The second kappa shape index (κ2) is 8.56. The Morgan fingerprint density at radius 2 is 2.06 bits per heavy atom. The van der Waals surface area contributed by atoms with E-state index in [0.717, 1.165) is 46.5 Å². The number of sulfone groups is 1. The highest BCUT2D eigenvalue weighted by Gasteiger charge is 2.30. The summed E-state index contributed by atoms with van der Waals surface area (Å²) in [4.78, 5) is 12.9. The van der Waals surface area contributed by atoms with Crippen LogP contribution in [0.4, 0.5) is 0 Å². The molecular weight excluding hydrogens is 440 g/mol. The number of aromatic nitrogens is 2. The van der Waals surface area contributed by atoms with E-state index in [0.29, 0.717) is 19.0 Å². The molecule has 0 spiro atoms.